The molecule has 0 amide bonds. The summed E-state index contributed by atoms with van der Waals surface area (Å²) in [7, 11) is 0. The first-order valence-corrected chi connectivity index (χ1v) is 2.99. The molecule has 1 heterocycles. The second-order valence-electron chi connectivity index (χ2n) is 1.74. The van der Waals surface area contributed by atoms with Gasteiger partial charge in [0.25, 0.3) is 0 Å². The van der Waals surface area contributed by atoms with E-state index in [1.54, 1.807) is 6.07 Å². The van der Waals surface area contributed by atoms with Crippen molar-refractivity contribution < 1.29 is 0 Å². The quantitative estimate of drug-likeness (QED) is 0.569. The van der Waals surface area contributed by atoms with Gasteiger partial charge in [0, 0.05) is 0 Å². The number of rotatable bonds is 0. The molecule has 0 saturated carbocycles. The molecule has 1 aromatic rings. The summed E-state index contributed by atoms with van der Waals surface area (Å²) < 4.78 is 0. The monoisotopic (exact) mass is 152 g/mol. The number of halogens is 1. The molecular formula is C7H5ClN2. The van der Waals surface area contributed by atoms with Crippen molar-refractivity contribution in [1.82, 2.24) is 4.98 Å². The average Bonchev–Trinajstić information content (AvgIpc) is 1.88. The van der Waals surface area contributed by atoms with Crippen molar-refractivity contribution in [2.24, 2.45) is 0 Å². The summed E-state index contributed by atoms with van der Waals surface area (Å²) in [6.07, 6.45) is 6.54. The van der Waals surface area contributed by atoms with Crippen molar-refractivity contribution >= 4 is 17.3 Å². The highest BCUT2D eigenvalue weighted by atomic mass is 35.5. The second-order valence-corrected chi connectivity index (χ2v) is 2.15. The molecule has 0 saturated heterocycles. The molecule has 1 rings (SSSR count). The molecule has 50 valence electrons. The molecule has 0 fully saturated rings. The third-order valence-corrected chi connectivity index (χ3v) is 1.29. The zero-order valence-corrected chi connectivity index (χ0v) is 5.89. The summed E-state index contributed by atoms with van der Waals surface area (Å²) in [6.45, 7) is 0. The standard InChI is InChI=1S/C7H5ClN2/c1-2-7-6(8)3-5(9)4-10-7/h1,3-4H,9H2. The van der Waals surface area contributed by atoms with Gasteiger partial charge in [0.1, 0.15) is 5.69 Å². The van der Waals surface area contributed by atoms with Crippen LogP contribution in [0.4, 0.5) is 5.69 Å². The van der Waals surface area contributed by atoms with Crippen LogP contribution in [0.2, 0.25) is 5.02 Å². The number of pyridine rings is 1. The van der Waals surface area contributed by atoms with Gasteiger partial charge in [0.2, 0.25) is 0 Å². The van der Waals surface area contributed by atoms with Crippen LogP contribution in [0, 0.1) is 12.3 Å². The van der Waals surface area contributed by atoms with Crippen molar-refractivity contribution in [3.05, 3.63) is 23.0 Å². The Bertz CT molecular complexity index is 288. The number of aromatic nitrogens is 1. The molecule has 0 aliphatic heterocycles. The van der Waals surface area contributed by atoms with Gasteiger partial charge in [0.15, 0.2) is 0 Å². The van der Waals surface area contributed by atoms with E-state index in [0.717, 1.165) is 0 Å². The van der Waals surface area contributed by atoms with Crippen LogP contribution in [0.1, 0.15) is 5.69 Å². The molecule has 0 atom stereocenters. The van der Waals surface area contributed by atoms with Gasteiger partial charge in [-0.25, -0.2) is 4.98 Å². The average molecular weight is 153 g/mol. The van der Waals surface area contributed by atoms with Gasteiger partial charge in [-0.05, 0) is 12.0 Å². The van der Waals surface area contributed by atoms with Crippen LogP contribution in [0.15, 0.2) is 12.3 Å². The van der Waals surface area contributed by atoms with E-state index in [2.05, 4.69) is 10.9 Å². The van der Waals surface area contributed by atoms with Gasteiger partial charge >= 0.3 is 0 Å². The van der Waals surface area contributed by atoms with Gasteiger partial charge in [-0.15, -0.1) is 6.42 Å². The first kappa shape index (κ1) is 6.91. The summed E-state index contributed by atoms with van der Waals surface area (Å²) >= 11 is 5.64. The molecule has 10 heavy (non-hydrogen) atoms. The van der Waals surface area contributed by atoms with Crippen LogP contribution in [0.25, 0.3) is 0 Å². The molecule has 0 aromatic carbocycles. The van der Waals surface area contributed by atoms with E-state index in [4.69, 9.17) is 23.8 Å². The fourth-order valence-electron chi connectivity index (χ4n) is 0.559. The van der Waals surface area contributed by atoms with E-state index in [1.165, 1.54) is 6.20 Å². The van der Waals surface area contributed by atoms with Gasteiger partial charge < -0.3 is 5.73 Å². The molecule has 0 aliphatic rings. The lowest BCUT2D eigenvalue weighted by molar-refractivity contribution is 1.29. The molecule has 0 aliphatic carbocycles. The van der Waals surface area contributed by atoms with Gasteiger partial charge in [-0.2, -0.15) is 0 Å². The Kier molecular flexibility index (Phi) is 1.79. The molecular weight excluding hydrogens is 148 g/mol. The first-order valence-electron chi connectivity index (χ1n) is 2.61. The Morgan fingerprint density at radius 3 is 2.90 bits per heavy atom. The number of nitrogens with zero attached hydrogens (tertiary/aromatic N) is 1. The van der Waals surface area contributed by atoms with Crippen molar-refractivity contribution in [1.29, 1.82) is 0 Å². The minimum absolute atomic E-state index is 0.419. The van der Waals surface area contributed by atoms with Crippen molar-refractivity contribution in [2.75, 3.05) is 5.73 Å². The Morgan fingerprint density at radius 1 is 1.70 bits per heavy atom. The van der Waals surface area contributed by atoms with Crippen LogP contribution >= 0.6 is 11.6 Å². The summed E-state index contributed by atoms with van der Waals surface area (Å²) in [5.41, 5.74) is 6.31. The number of nitrogen functional groups attached to an aromatic ring is 1. The van der Waals surface area contributed by atoms with Gasteiger partial charge in [0.05, 0.1) is 16.9 Å². The lowest BCUT2D eigenvalue weighted by Gasteiger charge is -1.94. The van der Waals surface area contributed by atoms with Crippen LogP contribution in [-0.4, -0.2) is 4.98 Å². The van der Waals surface area contributed by atoms with Crippen molar-refractivity contribution in [3.8, 4) is 12.3 Å². The fraction of sp³-hybridized carbons (Fsp3) is 0. The Morgan fingerprint density at radius 2 is 2.40 bits per heavy atom. The predicted octanol–water partition coefficient (Wildman–Crippen LogP) is 1.30. The third-order valence-electron chi connectivity index (χ3n) is 0.999. The number of hydrogen-bond donors (Lipinski definition) is 1. The second kappa shape index (κ2) is 2.59. The molecule has 3 heteroatoms. The van der Waals surface area contributed by atoms with Crippen molar-refractivity contribution in [2.45, 2.75) is 0 Å². The minimum atomic E-state index is 0.419. The first-order chi connectivity index (χ1) is 4.74. The highest BCUT2D eigenvalue weighted by Crippen LogP contribution is 2.14. The van der Waals surface area contributed by atoms with Crippen LogP contribution in [0.5, 0.6) is 0 Å². The summed E-state index contributed by atoms with van der Waals surface area (Å²) in [6, 6.07) is 1.57. The molecule has 2 nitrogen and oxygen atoms in total. The lowest BCUT2D eigenvalue weighted by atomic mass is 10.3. The molecule has 2 N–H and O–H groups in total. The fourth-order valence-corrected chi connectivity index (χ4v) is 0.788. The third kappa shape index (κ3) is 1.20. The topological polar surface area (TPSA) is 38.9 Å². The van der Waals surface area contributed by atoms with E-state index in [1.807, 2.05) is 0 Å². The van der Waals surface area contributed by atoms with Crippen LogP contribution in [0.3, 0.4) is 0 Å². The van der Waals surface area contributed by atoms with Crippen LogP contribution in [-0.2, 0) is 0 Å². The zero-order chi connectivity index (χ0) is 7.56. The summed E-state index contributed by atoms with van der Waals surface area (Å²) in [5, 5.41) is 0.419. The number of nitrogens with two attached hydrogens (primary N) is 1. The van der Waals surface area contributed by atoms with E-state index in [9.17, 15) is 0 Å². The lowest BCUT2D eigenvalue weighted by Crippen LogP contribution is -1.89. The van der Waals surface area contributed by atoms with E-state index in [-0.39, 0.29) is 0 Å². The maximum absolute atomic E-state index is 5.64. The highest BCUT2D eigenvalue weighted by Gasteiger charge is 1.96. The van der Waals surface area contributed by atoms with Gasteiger partial charge in [-0.3, -0.25) is 0 Å². The highest BCUT2D eigenvalue weighted by molar-refractivity contribution is 6.31. The maximum atomic E-state index is 5.64. The van der Waals surface area contributed by atoms with E-state index < -0.39 is 0 Å². The largest absolute Gasteiger partial charge is 0.397 e. The molecule has 0 radical (unpaired) electrons. The van der Waals surface area contributed by atoms with Crippen molar-refractivity contribution in [3.63, 3.8) is 0 Å². The molecule has 0 unspecified atom stereocenters. The number of terminal acetylenes is 1. The van der Waals surface area contributed by atoms with E-state index >= 15 is 0 Å². The minimum Gasteiger partial charge on any atom is -0.397 e. The van der Waals surface area contributed by atoms with E-state index in [0.29, 0.717) is 16.4 Å². The summed E-state index contributed by atoms with van der Waals surface area (Å²) in [4.78, 5) is 3.80. The Balaban J connectivity index is 3.23. The summed E-state index contributed by atoms with van der Waals surface area (Å²) in [5.74, 6) is 2.32. The Labute approximate surface area is 64.0 Å². The SMILES string of the molecule is C#Cc1ncc(N)cc1Cl. The Hall–Kier alpha value is -1.20. The normalized spacial score (nSPS) is 8.80. The predicted molar refractivity (Wildman–Crippen MR) is 41.6 cm³/mol. The van der Waals surface area contributed by atoms with Gasteiger partial charge in [-0.1, -0.05) is 11.6 Å². The molecule has 1 aromatic heterocycles. The maximum Gasteiger partial charge on any atom is 0.131 e. The molecule has 0 bridgehead atoms. The number of anilines is 1. The zero-order valence-electron chi connectivity index (χ0n) is 5.13. The smallest absolute Gasteiger partial charge is 0.131 e. The number of hydrogen-bond acceptors (Lipinski definition) is 2. The molecule has 0 spiro atoms. The van der Waals surface area contributed by atoms with Crippen LogP contribution < -0.4 is 5.73 Å².